The second-order valence-corrected chi connectivity index (χ2v) is 3.47. The number of rotatable bonds is 5. The van der Waals surface area contributed by atoms with E-state index in [4.69, 9.17) is 5.73 Å². The third kappa shape index (κ3) is 7.01. The Balaban J connectivity index is 0. The minimum atomic E-state index is -0.410. The van der Waals surface area contributed by atoms with Crippen LogP contribution in [-0.2, 0) is 28.1 Å². The van der Waals surface area contributed by atoms with Gasteiger partial charge in [0.25, 0.3) is 0 Å². The molecule has 0 aliphatic heterocycles. The molecule has 1 amide bonds. The molecule has 0 spiro atoms. The van der Waals surface area contributed by atoms with Gasteiger partial charge in [0.2, 0.25) is 0 Å². The third-order valence-corrected chi connectivity index (χ3v) is 1.67. The first kappa shape index (κ1) is 16.0. The summed E-state index contributed by atoms with van der Waals surface area (Å²) in [7, 11) is 0. The van der Waals surface area contributed by atoms with Crippen LogP contribution in [0.2, 0.25) is 0 Å². The molecule has 14 heavy (non-hydrogen) atoms. The van der Waals surface area contributed by atoms with Gasteiger partial charge in [0.1, 0.15) is 0 Å². The summed E-state index contributed by atoms with van der Waals surface area (Å²) in [4.78, 5) is 21.9. The van der Waals surface area contributed by atoms with Crippen LogP contribution in [-0.4, -0.2) is 17.7 Å². The largest absolute Gasteiger partial charge is 0.460 e. The van der Waals surface area contributed by atoms with E-state index in [1.165, 1.54) is 6.92 Å². The smallest absolute Gasteiger partial charge is 0.151 e. The van der Waals surface area contributed by atoms with Gasteiger partial charge in [-0.25, -0.2) is 6.54 Å². The summed E-state index contributed by atoms with van der Waals surface area (Å²) in [5.41, 5.74) is 5.00. The number of hydrogen-bond acceptors (Lipinski definition) is 3. The van der Waals surface area contributed by atoms with Gasteiger partial charge >= 0.3 is 0 Å². The Morgan fingerprint density at radius 1 is 1.43 bits per heavy atom. The predicted molar refractivity (Wildman–Crippen MR) is 50.6 cm³/mol. The van der Waals surface area contributed by atoms with Crippen LogP contribution in [0, 0.1) is 12.5 Å². The molecular weight excluding hydrogens is 219 g/mol. The minimum Gasteiger partial charge on any atom is -0.460 e. The van der Waals surface area contributed by atoms with Crippen molar-refractivity contribution in [3.8, 4) is 0 Å². The molecule has 0 aromatic carbocycles. The van der Waals surface area contributed by atoms with E-state index >= 15 is 0 Å². The van der Waals surface area contributed by atoms with Crippen LogP contribution in [0.3, 0.4) is 0 Å². The van der Waals surface area contributed by atoms with Crippen molar-refractivity contribution >= 4 is 11.7 Å². The Morgan fingerprint density at radius 3 is 2.21 bits per heavy atom. The zero-order valence-electron chi connectivity index (χ0n) is 8.78. The molecule has 0 aliphatic carbocycles. The van der Waals surface area contributed by atoms with Crippen molar-refractivity contribution in [2.75, 3.05) is 0 Å². The molecule has 1 radical (unpaired) electrons. The van der Waals surface area contributed by atoms with Gasteiger partial charge in [-0.3, -0.25) is 4.79 Å². The molecule has 0 saturated carbocycles. The maximum Gasteiger partial charge on any atom is 0.151 e. The monoisotopic (exact) mass is 236 g/mol. The van der Waals surface area contributed by atoms with E-state index in [0.29, 0.717) is 12.3 Å². The van der Waals surface area contributed by atoms with Crippen molar-refractivity contribution in [1.82, 2.24) is 5.32 Å². The van der Waals surface area contributed by atoms with Crippen LogP contribution in [0.4, 0.5) is 0 Å². The van der Waals surface area contributed by atoms with E-state index in [2.05, 4.69) is 5.32 Å². The van der Waals surface area contributed by atoms with Gasteiger partial charge in [-0.05, 0) is 19.3 Å². The number of nitrogens with two attached hydrogens (primary N) is 1. The number of ketones is 1. The van der Waals surface area contributed by atoms with Crippen molar-refractivity contribution in [3.05, 3.63) is 6.54 Å². The molecule has 1 atom stereocenters. The third-order valence-electron chi connectivity index (χ3n) is 1.67. The van der Waals surface area contributed by atoms with E-state index in [1.54, 1.807) is 0 Å². The number of carbonyl (C=O) groups is 2. The molecule has 0 bridgehead atoms. The molecule has 0 aliphatic rings. The van der Waals surface area contributed by atoms with E-state index in [-0.39, 0.29) is 24.3 Å². The van der Waals surface area contributed by atoms with Crippen LogP contribution in [0.5, 0.6) is 0 Å². The summed E-state index contributed by atoms with van der Waals surface area (Å²) in [5.74, 6) is -0.0725. The van der Waals surface area contributed by atoms with E-state index < -0.39 is 11.9 Å². The fourth-order valence-electron chi connectivity index (χ4n) is 1.02. The Bertz CT molecular complexity index is 195. The Labute approximate surface area is 96.9 Å². The summed E-state index contributed by atoms with van der Waals surface area (Å²) < 4.78 is 0. The summed E-state index contributed by atoms with van der Waals surface area (Å²) >= 11 is 0. The summed E-state index contributed by atoms with van der Waals surface area (Å²) in [6.45, 7) is 6.38. The van der Waals surface area contributed by atoms with Crippen molar-refractivity contribution < 1.29 is 28.1 Å². The Kier molecular flexibility index (Phi) is 9.04. The molecule has 0 aromatic rings. The predicted octanol–water partition coefficient (Wildman–Crippen LogP) is 0.224. The second kappa shape index (κ2) is 7.91. The second-order valence-electron chi connectivity index (χ2n) is 3.47. The number of hydrogen-bond donors (Lipinski definition) is 2. The van der Waals surface area contributed by atoms with Gasteiger partial charge in [0, 0.05) is 18.6 Å². The maximum absolute atomic E-state index is 11.1. The van der Waals surface area contributed by atoms with Gasteiger partial charge in [0.15, 0.2) is 5.78 Å². The first-order chi connectivity index (χ1) is 5.97. The molecular formula is C9H17N2O2V-. The van der Waals surface area contributed by atoms with Crippen LogP contribution in [0.15, 0.2) is 0 Å². The number of nitrogens with one attached hydrogen (secondary N) is 1. The fourth-order valence-corrected chi connectivity index (χ4v) is 1.02. The normalized spacial score (nSPS) is 11.5. The molecule has 1 unspecified atom stereocenters. The zero-order chi connectivity index (χ0) is 10.4. The van der Waals surface area contributed by atoms with E-state index in [1.807, 2.05) is 13.8 Å². The molecule has 81 valence electrons. The fraction of sp³-hybridized carbons (Fsp3) is 0.667. The molecule has 0 aromatic heterocycles. The van der Waals surface area contributed by atoms with Crippen LogP contribution in [0.25, 0.3) is 0 Å². The van der Waals surface area contributed by atoms with E-state index in [9.17, 15) is 9.59 Å². The van der Waals surface area contributed by atoms with Crippen molar-refractivity contribution in [3.63, 3.8) is 0 Å². The van der Waals surface area contributed by atoms with Gasteiger partial charge in [-0.2, -0.15) is 0 Å². The summed E-state index contributed by atoms with van der Waals surface area (Å²) in [5, 5.41) is 2.53. The van der Waals surface area contributed by atoms with Crippen LogP contribution < -0.4 is 11.1 Å². The van der Waals surface area contributed by atoms with Crippen LogP contribution in [0.1, 0.15) is 27.2 Å². The molecule has 0 saturated heterocycles. The maximum atomic E-state index is 11.1. The first-order valence-corrected chi connectivity index (χ1v) is 4.33. The quantitative estimate of drug-likeness (QED) is 0.671. The Hall–Kier alpha value is -0.446. The average molecular weight is 236 g/mol. The number of carbonyl (C=O) groups excluding carboxylic acids is 2. The molecule has 5 heteroatoms. The standard InChI is InChI=1S/C9H17N2O2.V/c1-6(2)4-8(7(3)12)11-9(13)5-10;/h5-6,8H,4,10H2,1-3H3,(H,11,13);/q-1;. The molecule has 0 fully saturated rings. The first-order valence-electron chi connectivity index (χ1n) is 4.33. The molecule has 3 N–H and O–H groups in total. The average Bonchev–Trinajstić information content (AvgIpc) is 2.02. The van der Waals surface area contributed by atoms with E-state index in [0.717, 1.165) is 6.54 Å². The molecule has 4 nitrogen and oxygen atoms in total. The minimum absolute atomic E-state index is 0. The van der Waals surface area contributed by atoms with Crippen molar-refractivity contribution in [2.45, 2.75) is 33.2 Å². The van der Waals surface area contributed by atoms with Gasteiger partial charge in [0.05, 0.1) is 11.9 Å². The van der Waals surface area contributed by atoms with Crippen molar-refractivity contribution in [1.29, 1.82) is 0 Å². The van der Waals surface area contributed by atoms with Crippen molar-refractivity contribution in [2.24, 2.45) is 11.7 Å². The van der Waals surface area contributed by atoms with Gasteiger partial charge < -0.3 is 15.8 Å². The molecule has 0 heterocycles. The molecule has 0 rings (SSSR count). The summed E-state index contributed by atoms with van der Waals surface area (Å²) in [6, 6.07) is -0.410. The van der Waals surface area contributed by atoms with Crippen LogP contribution >= 0.6 is 0 Å². The SMILES string of the molecule is CC(=O)C(CC(C)C)NC(=O)[CH-]N.[V]. The zero-order valence-corrected chi connectivity index (χ0v) is 10.2. The topological polar surface area (TPSA) is 72.2 Å². The van der Waals surface area contributed by atoms with Gasteiger partial charge in [-0.1, -0.05) is 13.8 Å². The number of Topliss-reactive ketones (excluding diaryl/α,β-unsaturated/α-hetero) is 1. The number of amides is 1. The van der Waals surface area contributed by atoms with Gasteiger partial charge in [-0.15, -0.1) is 0 Å². The Morgan fingerprint density at radius 2 is 1.93 bits per heavy atom. The summed E-state index contributed by atoms with van der Waals surface area (Å²) in [6.07, 6.45) is 0.648.